The third-order valence-corrected chi connectivity index (χ3v) is 2.52. The maximum atomic E-state index is 11.5. The maximum absolute atomic E-state index is 11.5. The van der Waals surface area contributed by atoms with Gasteiger partial charge in [-0.3, -0.25) is 9.69 Å². The van der Waals surface area contributed by atoms with Crippen molar-refractivity contribution >= 4 is 5.91 Å². The van der Waals surface area contributed by atoms with Gasteiger partial charge < -0.3 is 9.73 Å². The number of rotatable bonds is 6. The first-order chi connectivity index (χ1) is 8.65. The summed E-state index contributed by atoms with van der Waals surface area (Å²) in [7, 11) is 3.91. The summed E-state index contributed by atoms with van der Waals surface area (Å²) in [5.74, 6) is 0.740. The van der Waals surface area contributed by atoms with E-state index in [9.17, 15) is 4.79 Å². The molecule has 0 aromatic carbocycles. The molecule has 0 bridgehead atoms. The maximum Gasteiger partial charge on any atom is 0.244 e. The largest absolute Gasteiger partial charge is 0.468 e. The van der Waals surface area contributed by atoms with Gasteiger partial charge in [0.05, 0.1) is 12.3 Å². The Kier molecular flexibility index (Phi) is 5.94. The first-order valence-corrected chi connectivity index (χ1v) is 5.92. The molecule has 1 aromatic rings. The number of amides is 1. The van der Waals surface area contributed by atoms with Crippen LogP contribution < -0.4 is 5.32 Å². The van der Waals surface area contributed by atoms with Crippen LogP contribution in [0.15, 0.2) is 47.1 Å². The molecule has 4 heteroatoms. The van der Waals surface area contributed by atoms with Crippen LogP contribution >= 0.6 is 0 Å². The number of hydrogen-bond acceptors (Lipinski definition) is 3. The van der Waals surface area contributed by atoms with E-state index < -0.39 is 0 Å². The number of carbonyl (C=O) groups is 1. The molecule has 1 heterocycles. The van der Waals surface area contributed by atoms with Crippen LogP contribution in [0.5, 0.6) is 0 Å². The quantitative estimate of drug-likeness (QED) is 0.619. The Morgan fingerprint density at radius 1 is 1.50 bits per heavy atom. The number of allylic oxidation sites excluding steroid dienone is 3. The zero-order valence-corrected chi connectivity index (χ0v) is 11.1. The second-order valence-electron chi connectivity index (χ2n) is 4.12. The van der Waals surface area contributed by atoms with Crippen molar-refractivity contribution in [2.24, 2.45) is 0 Å². The summed E-state index contributed by atoms with van der Waals surface area (Å²) in [6.07, 6.45) is 8.55. The topological polar surface area (TPSA) is 45.5 Å². The first kappa shape index (κ1) is 14.3. The van der Waals surface area contributed by atoms with Crippen molar-refractivity contribution in [2.75, 3.05) is 20.6 Å². The molecule has 1 N–H and O–H groups in total. The molecule has 1 aromatic heterocycles. The molecule has 0 fully saturated rings. The lowest BCUT2D eigenvalue weighted by Crippen LogP contribution is -2.33. The molecule has 1 atom stereocenters. The molecule has 0 aliphatic rings. The molecule has 0 spiro atoms. The fraction of sp³-hybridized carbons (Fsp3) is 0.357. The minimum Gasteiger partial charge on any atom is -0.468 e. The molecule has 98 valence electrons. The monoisotopic (exact) mass is 248 g/mol. The van der Waals surface area contributed by atoms with E-state index in [1.165, 1.54) is 6.08 Å². The van der Waals surface area contributed by atoms with Gasteiger partial charge in [0.2, 0.25) is 5.91 Å². The molecule has 4 nitrogen and oxygen atoms in total. The van der Waals surface area contributed by atoms with E-state index in [1.54, 1.807) is 12.3 Å². The number of nitrogens with zero attached hydrogens (tertiary/aromatic N) is 1. The van der Waals surface area contributed by atoms with Gasteiger partial charge in [0.25, 0.3) is 0 Å². The Morgan fingerprint density at radius 3 is 2.83 bits per heavy atom. The Labute approximate surface area is 108 Å². The van der Waals surface area contributed by atoms with Gasteiger partial charge >= 0.3 is 0 Å². The van der Waals surface area contributed by atoms with Crippen LogP contribution in [0, 0.1) is 0 Å². The first-order valence-electron chi connectivity index (χ1n) is 5.92. The second-order valence-corrected chi connectivity index (χ2v) is 4.12. The van der Waals surface area contributed by atoms with Crippen molar-refractivity contribution in [2.45, 2.75) is 13.0 Å². The van der Waals surface area contributed by atoms with Crippen molar-refractivity contribution in [1.29, 1.82) is 0 Å². The van der Waals surface area contributed by atoms with E-state index in [0.29, 0.717) is 6.54 Å². The van der Waals surface area contributed by atoms with Gasteiger partial charge in [0.1, 0.15) is 5.76 Å². The van der Waals surface area contributed by atoms with E-state index in [0.717, 1.165) is 5.76 Å². The molecule has 1 amide bonds. The van der Waals surface area contributed by atoms with E-state index in [-0.39, 0.29) is 11.9 Å². The molecule has 0 aliphatic carbocycles. The van der Waals surface area contributed by atoms with Gasteiger partial charge in [-0.2, -0.15) is 0 Å². The molecular weight excluding hydrogens is 228 g/mol. The van der Waals surface area contributed by atoms with Crippen LogP contribution in [0.2, 0.25) is 0 Å². The predicted octanol–water partition coefficient (Wildman–Crippen LogP) is 2.13. The zero-order valence-electron chi connectivity index (χ0n) is 11.1. The lowest BCUT2D eigenvalue weighted by atomic mass is 10.2. The smallest absolute Gasteiger partial charge is 0.244 e. The number of furan rings is 1. The molecule has 1 unspecified atom stereocenters. The molecule has 1 rings (SSSR count). The number of nitrogens with one attached hydrogen (secondary N) is 1. The lowest BCUT2D eigenvalue weighted by Gasteiger charge is -2.22. The summed E-state index contributed by atoms with van der Waals surface area (Å²) in [5, 5.41) is 2.85. The SMILES string of the molecule is C/C=C/C=C/C(=O)NCC(c1ccco1)N(C)C. The van der Waals surface area contributed by atoms with Crippen LogP contribution in [0.1, 0.15) is 18.7 Å². The normalized spacial score (nSPS) is 13.6. The highest BCUT2D eigenvalue weighted by molar-refractivity contribution is 5.87. The highest BCUT2D eigenvalue weighted by Crippen LogP contribution is 2.17. The fourth-order valence-electron chi connectivity index (χ4n) is 1.53. The van der Waals surface area contributed by atoms with Crippen molar-refractivity contribution < 1.29 is 9.21 Å². The summed E-state index contributed by atoms with van der Waals surface area (Å²) in [5.41, 5.74) is 0. The van der Waals surface area contributed by atoms with Gasteiger partial charge in [-0.05, 0) is 33.2 Å². The summed E-state index contributed by atoms with van der Waals surface area (Å²) in [6, 6.07) is 3.80. The van der Waals surface area contributed by atoms with E-state index >= 15 is 0 Å². The molecule has 0 aliphatic heterocycles. The van der Waals surface area contributed by atoms with E-state index in [1.807, 2.05) is 50.2 Å². The average molecular weight is 248 g/mol. The van der Waals surface area contributed by atoms with Crippen LogP contribution in [0.4, 0.5) is 0 Å². The highest BCUT2D eigenvalue weighted by atomic mass is 16.3. The summed E-state index contributed by atoms with van der Waals surface area (Å²) < 4.78 is 5.37. The Balaban J connectivity index is 2.51. The molecule has 0 radical (unpaired) electrons. The van der Waals surface area contributed by atoms with Crippen molar-refractivity contribution in [3.05, 3.63) is 48.5 Å². The second kappa shape index (κ2) is 7.50. The minimum atomic E-state index is -0.105. The summed E-state index contributed by atoms with van der Waals surface area (Å²) in [6.45, 7) is 2.42. The number of likely N-dealkylation sites (N-methyl/N-ethyl adjacent to an activating group) is 1. The third-order valence-electron chi connectivity index (χ3n) is 2.52. The number of carbonyl (C=O) groups excluding carboxylic acids is 1. The van der Waals surface area contributed by atoms with Gasteiger partial charge in [-0.15, -0.1) is 0 Å². The average Bonchev–Trinajstić information content (AvgIpc) is 2.83. The highest BCUT2D eigenvalue weighted by Gasteiger charge is 2.16. The van der Waals surface area contributed by atoms with Crippen molar-refractivity contribution in [1.82, 2.24) is 10.2 Å². The van der Waals surface area contributed by atoms with Crippen LogP contribution in [-0.4, -0.2) is 31.4 Å². The Hall–Kier alpha value is -1.81. The molecule has 0 saturated heterocycles. The zero-order chi connectivity index (χ0) is 13.4. The Bertz CT molecular complexity index is 405. The van der Waals surface area contributed by atoms with E-state index in [4.69, 9.17) is 4.42 Å². The van der Waals surface area contributed by atoms with Crippen molar-refractivity contribution in [3.8, 4) is 0 Å². The third kappa shape index (κ3) is 4.59. The molecular formula is C14H20N2O2. The standard InChI is InChI=1S/C14H20N2O2/c1-4-5-6-9-14(17)15-11-12(16(2)3)13-8-7-10-18-13/h4-10,12H,11H2,1-3H3,(H,15,17)/b5-4+,9-6+. The van der Waals surface area contributed by atoms with Gasteiger partial charge in [-0.25, -0.2) is 0 Å². The van der Waals surface area contributed by atoms with Gasteiger partial charge in [0, 0.05) is 12.6 Å². The summed E-state index contributed by atoms with van der Waals surface area (Å²) in [4.78, 5) is 13.5. The molecule has 18 heavy (non-hydrogen) atoms. The summed E-state index contributed by atoms with van der Waals surface area (Å²) >= 11 is 0. The Morgan fingerprint density at radius 2 is 2.28 bits per heavy atom. The van der Waals surface area contributed by atoms with Gasteiger partial charge in [0.15, 0.2) is 0 Å². The molecule has 0 saturated carbocycles. The lowest BCUT2D eigenvalue weighted by molar-refractivity contribution is -0.116. The van der Waals surface area contributed by atoms with Crippen molar-refractivity contribution in [3.63, 3.8) is 0 Å². The fourth-order valence-corrected chi connectivity index (χ4v) is 1.53. The van der Waals surface area contributed by atoms with Gasteiger partial charge in [-0.1, -0.05) is 18.2 Å². The van der Waals surface area contributed by atoms with E-state index in [2.05, 4.69) is 5.32 Å². The minimum absolute atomic E-state index is 0.0408. The van der Waals surface area contributed by atoms with Crippen LogP contribution in [-0.2, 0) is 4.79 Å². The number of hydrogen-bond donors (Lipinski definition) is 1. The van der Waals surface area contributed by atoms with Crippen LogP contribution in [0.3, 0.4) is 0 Å². The predicted molar refractivity (Wildman–Crippen MR) is 72.1 cm³/mol. The van der Waals surface area contributed by atoms with Crippen LogP contribution in [0.25, 0.3) is 0 Å².